The van der Waals surface area contributed by atoms with Gasteiger partial charge in [-0.1, -0.05) is 32.8 Å². The first-order valence-electron chi connectivity index (χ1n) is 8.80. The van der Waals surface area contributed by atoms with Gasteiger partial charge in [-0.15, -0.1) is 11.3 Å². The third-order valence-electron chi connectivity index (χ3n) is 5.64. The fourth-order valence-corrected chi connectivity index (χ4v) is 4.59. The maximum Gasteiger partial charge on any atom is 0.325 e. The first-order valence-corrected chi connectivity index (χ1v) is 9.68. The van der Waals surface area contributed by atoms with E-state index >= 15 is 0 Å². The highest BCUT2D eigenvalue weighted by atomic mass is 32.1. The molecule has 3 rings (SSSR count). The van der Waals surface area contributed by atoms with E-state index in [2.05, 4.69) is 24.5 Å². The lowest BCUT2D eigenvalue weighted by atomic mass is 9.78. The molecular formula is C18H25N3O3S. The van der Waals surface area contributed by atoms with Crippen LogP contribution in [0.3, 0.4) is 0 Å². The third kappa shape index (κ3) is 3.29. The second-order valence-electron chi connectivity index (χ2n) is 7.37. The van der Waals surface area contributed by atoms with E-state index in [-0.39, 0.29) is 24.4 Å². The van der Waals surface area contributed by atoms with Crippen LogP contribution in [0.25, 0.3) is 0 Å². The van der Waals surface area contributed by atoms with Gasteiger partial charge in [-0.3, -0.25) is 14.5 Å². The maximum absolute atomic E-state index is 12.7. The molecule has 2 heterocycles. The van der Waals surface area contributed by atoms with Gasteiger partial charge in [0.15, 0.2) is 5.54 Å². The van der Waals surface area contributed by atoms with Crippen LogP contribution in [-0.4, -0.2) is 35.3 Å². The van der Waals surface area contributed by atoms with Crippen molar-refractivity contribution in [3.8, 4) is 0 Å². The number of nitrogens with zero attached hydrogens (tertiary/aromatic N) is 1. The molecule has 1 aliphatic carbocycles. The Morgan fingerprint density at radius 1 is 1.40 bits per heavy atom. The minimum absolute atomic E-state index is 0.112. The zero-order chi connectivity index (χ0) is 18.2. The third-order valence-corrected chi connectivity index (χ3v) is 6.74. The summed E-state index contributed by atoms with van der Waals surface area (Å²) in [6, 6.07) is 3.25. The van der Waals surface area contributed by atoms with E-state index in [1.54, 1.807) is 6.92 Å². The highest BCUT2D eigenvalue weighted by molar-refractivity contribution is 7.10. The van der Waals surface area contributed by atoms with Gasteiger partial charge in [0.05, 0.1) is 0 Å². The number of hydrogen-bond donors (Lipinski definition) is 2. The zero-order valence-corrected chi connectivity index (χ0v) is 15.7. The Morgan fingerprint density at radius 3 is 2.84 bits per heavy atom. The fourth-order valence-electron chi connectivity index (χ4n) is 3.75. The number of carbonyl (C=O) groups is 3. The molecule has 4 amide bonds. The SMILES string of the molecule is CC1CCCC(NC(=O)CN2C(=O)NC(C)(c3cccs3)C2=O)C1C. The lowest BCUT2D eigenvalue weighted by Gasteiger charge is -2.34. The first-order chi connectivity index (χ1) is 11.8. The second-order valence-corrected chi connectivity index (χ2v) is 8.31. The number of thiophene rings is 1. The summed E-state index contributed by atoms with van der Waals surface area (Å²) < 4.78 is 0. The second kappa shape index (κ2) is 6.78. The van der Waals surface area contributed by atoms with Crippen molar-refractivity contribution in [2.75, 3.05) is 6.54 Å². The topological polar surface area (TPSA) is 78.5 Å². The van der Waals surface area contributed by atoms with E-state index in [0.29, 0.717) is 11.8 Å². The lowest BCUT2D eigenvalue weighted by Crippen LogP contribution is -2.48. The number of rotatable bonds is 4. The molecule has 0 bridgehead atoms. The number of amides is 4. The summed E-state index contributed by atoms with van der Waals surface area (Å²) >= 11 is 1.41. The van der Waals surface area contributed by atoms with Crippen molar-refractivity contribution in [2.24, 2.45) is 11.8 Å². The molecular weight excluding hydrogens is 338 g/mol. The molecule has 1 aromatic rings. The van der Waals surface area contributed by atoms with Crippen LogP contribution in [0.2, 0.25) is 0 Å². The highest BCUT2D eigenvalue weighted by Crippen LogP contribution is 2.32. The van der Waals surface area contributed by atoms with Crippen LogP contribution in [0.5, 0.6) is 0 Å². The Kier molecular flexibility index (Phi) is 4.86. The molecule has 4 atom stereocenters. The van der Waals surface area contributed by atoms with Crippen molar-refractivity contribution >= 4 is 29.2 Å². The average Bonchev–Trinajstić information content (AvgIpc) is 3.17. The van der Waals surface area contributed by atoms with Crippen molar-refractivity contribution < 1.29 is 14.4 Å². The quantitative estimate of drug-likeness (QED) is 0.807. The van der Waals surface area contributed by atoms with Crippen molar-refractivity contribution in [3.63, 3.8) is 0 Å². The predicted molar refractivity (Wildman–Crippen MR) is 96.0 cm³/mol. The summed E-state index contributed by atoms with van der Waals surface area (Å²) in [5, 5.41) is 7.61. The van der Waals surface area contributed by atoms with Gasteiger partial charge in [-0.2, -0.15) is 0 Å². The Bertz CT molecular complexity index is 675. The monoisotopic (exact) mass is 363 g/mol. The Hall–Kier alpha value is -1.89. The van der Waals surface area contributed by atoms with E-state index in [9.17, 15) is 14.4 Å². The van der Waals surface area contributed by atoms with Crippen LogP contribution in [0.1, 0.15) is 44.9 Å². The van der Waals surface area contributed by atoms with E-state index in [0.717, 1.165) is 22.6 Å². The number of hydrogen-bond acceptors (Lipinski definition) is 4. The Labute approximate surface area is 152 Å². The summed E-state index contributed by atoms with van der Waals surface area (Å²) in [6.45, 7) is 5.80. The molecule has 2 fully saturated rings. The van der Waals surface area contributed by atoms with Crippen molar-refractivity contribution in [1.29, 1.82) is 0 Å². The smallest absolute Gasteiger partial charge is 0.325 e. The van der Waals surface area contributed by atoms with Gasteiger partial charge in [-0.25, -0.2) is 4.79 Å². The van der Waals surface area contributed by atoms with Crippen molar-refractivity contribution in [3.05, 3.63) is 22.4 Å². The molecule has 4 unspecified atom stereocenters. The number of nitrogens with one attached hydrogen (secondary N) is 2. The minimum atomic E-state index is -1.09. The van der Waals surface area contributed by atoms with Crippen LogP contribution in [0.4, 0.5) is 4.79 Å². The van der Waals surface area contributed by atoms with Gasteiger partial charge in [0.1, 0.15) is 6.54 Å². The van der Waals surface area contributed by atoms with Gasteiger partial charge in [0.2, 0.25) is 5.91 Å². The molecule has 2 N–H and O–H groups in total. The molecule has 25 heavy (non-hydrogen) atoms. The predicted octanol–water partition coefficient (Wildman–Crippen LogP) is 2.46. The van der Waals surface area contributed by atoms with Crippen molar-refractivity contribution in [2.45, 2.75) is 51.6 Å². The summed E-state index contributed by atoms with van der Waals surface area (Å²) in [6.07, 6.45) is 3.22. The summed E-state index contributed by atoms with van der Waals surface area (Å²) in [4.78, 5) is 39.2. The van der Waals surface area contributed by atoms with Gasteiger partial charge in [-0.05, 0) is 36.6 Å². The van der Waals surface area contributed by atoms with E-state index in [4.69, 9.17) is 0 Å². The standard InChI is InChI=1S/C18H25N3O3S/c1-11-6-4-7-13(12(11)2)19-15(22)10-21-16(23)18(3,20-17(21)24)14-8-5-9-25-14/h5,8-9,11-13H,4,6-7,10H2,1-3H3,(H,19,22)(H,20,24). The molecule has 7 heteroatoms. The lowest BCUT2D eigenvalue weighted by molar-refractivity contribution is -0.135. The molecule has 1 saturated heterocycles. The summed E-state index contributed by atoms with van der Waals surface area (Å²) in [5.74, 6) is 0.320. The largest absolute Gasteiger partial charge is 0.352 e. The molecule has 0 spiro atoms. The summed E-state index contributed by atoms with van der Waals surface area (Å²) in [5.41, 5.74) is -1.09. The van der Waals surface area contributed by atoms with Crippen LogP contribution in [0.15, 0.2) is 17.5 Å². The molecule has 6 nitrogen and oxygen atoms in total. The van der Waals surface area contributed by atoms with Crippen LogP contribution in [0, 0.1) is 11.8 Å². The van der Waals surface area contributed by atoms with E-state index < -0.39 is 11.6 Å². The van der Waals surface area contributed by atoms with E-state index in [1.165, 1.54) is 17.8 Å². The maximum atomic E-state index is 12.7. The highest BCUT2D eigenvalue weighted by Gasteiger charge is 2.50. The molecule has 2 aliphatic rings. The van der Waals surface area contributed by atoms with Crippen LogP contribution in [-0.2, 0) is 15.1 Å². The fraction of sp³-hybridized carbons (Fsp3) is 0.611. The number of imide groups is 1. The molecule has 1 aromatic heterocycles. The zero-order valence-electron chi connectivity index (χ0n) is 14.9. The van der Waals surface area contributed by atoms with E-state index in [1.807, 2.05) is 17.5 Å². The van der Waals surface area contributed by atoms with Gasteiger partial charge in [0.25, 0.3) is 5.91 Å². The molecule has 136 valence electrons. The average molecular weight is 363 g/mol. The van der Waals surface area contributed by atoms with Crippen LogP contribution < -0.4 is 10.6 Å². The molecule has 1 saturated carbocycles. The Morgan fingerprint density at radius 2 is 2.16 bits per heavy atom. The summed E-state index contributed by atoms with van der Waals surface area (Å²) in [7, 11) is 0. The number of urea groups is 1. The molecule has 0 radical (unpaired) electrons. The molecule has 0 aromatic carbocycles. The minimum Gasteiger partial charge on any atom is -0.352 e. The Balaban J connectivity index is 1.65. The van der Waals surface area contributed by atoms with Gasteiger partial charge < -0.3 is 10.6 Å². The van der Waals surface area contributed by atoms with Gasteiger partial charge in [0, 0.05) is 10.9 Å². The molecule has 1 aliphatic heterocycles. The van der Waals surface area contributed by atoms with Crippen molar-refractivity contribution in [1.82, 2.24) is 15.5 Å². The normalized spacial score (nSPS) is 32.6. The van der Waals surface area contributed by atoms with Gasteiger partial charge >= 0.3 is 6.03 Å². The number of carbonyl (C=O) groups excluding carboxylic acids is 3. The first kappa shape index (κ1) is 17.9. The van der Waals surface area contributed by atoms with Crippen LogP contribution >= 0.6 is 11.3 Å².